The zero-order chi connectivity index (χ0) is 22.3. The number of hydrogen-bond donors (Lipinski definition) is 0. The second-order valence-corrected chi connectivity index (χ2v) is 8.68. The lowest BCUT2D eigenvalue weighted by Gasteiger charge is -2.25. The Labute approximate surface area is 184 Å². The molecule has 1 aromatic carbocycles. The number of nitrogens with zero attached hydrogens (tertiary/aromatic N) is 4. The van der Waals surface area contributed by atoms with Crippen LogP contribution in [0.3, 0.4) is 0 Å². The number of halogens is 3. The SMILES string of the molecule is O=c1c2nc(N3CCCCC3)sc2c(-c2ccco2)nn1Cc1ccc(C(F)(F)F)cc1. The van der Waals surface area contributed by atoms with Gasteiger partial charge in [-0.25, -0.2) is 9.67 Å². The molecule has 0 N–H and O–H groups in total. The summed E-state index contributed by atoms with van der Waals surface area (Å²) in [5, 5.41) is 5.28. The van der Waals surface area contributed by atoms with Crippen molar-refractivity contribution in [2.45, 2.75) is 32.0 Å². The van der Waals surface area contributed by atoms with Crippen LogP contribution < -0.4 is 10.5 Å². The van der Waals surface area contributed by atoms with Gasteiger partial charge in [0.1, 0.15) is 5.69 Å². The lowest BCUT2D eigenvalue weighted by atomic mass is 10.1. The highest BCUT2D eigenvalue weighted by Crippen LogP contribution is 2.35. The molecule has 0 aliphatic carbocycles. The molecule has 0 spiro atoms. The minimum atomic E-state index is -4.41. The quantitative estimate of drug-likeness (QED) is 0.420. The van der Waals surface area contributed by atoms with Gasteiger partial charge in [0.25, 0.3) is 5.56 Å². The Kier molecular flexibility index (Phi) is 5.24. The van der Waals surface area contributed by atoms with E-state index in [1.54, 1.807) is 12.1 Å². The fraction of sp³-hybridized carbons (Fsp3) is 0.318. The molecule has 0 saturated carbocycles. The van der Waals surface area contributed by atoms with Gasteiger partial charge < -0.3 is 9.32 Å². The third kappa shape index (κ3) is 3.90. The van der Waals surface area contributed by atoms with Gasteiger partial charge >= 0.3 is 6.18 Å². The highest BCUT2D eigenvalue weighted by atomic mass is 32.1. The van der Waals surface area contributed by atoms with Crippen molar-refractivity contribution in [1.29, 1.82) is 0 Å². The first-order chi connectivity index (χ1) is 15.4. The number of alkyl halides is 3. The van der Waals surface area contributed by atoms with Gasteiger partial charge in [0, 0.05) is 13.1 Å². The summed E-state index contributed by atoms with van der Waals surface area (Å²) in [5.74, 6) is 0.505. The molecule has 0 bridgehead atoms. The third-order valence-corrected chi connectivity index (χ3v) is 6.61. The van der Waals surface area contributed by atoms with Gasteiger partial charge in [-0.05, 0) is 49.1 Å². The van der Waals surface area contributed by atoms with Crippen LogP contribution in [-0.2, 0) is 12.7 Å². The highest BCUT2D eigenvalue weighted by molar-refractivity contribution is 7.22. The van der Waals surface area contributed by atoms with E-state index in [1.165, 1.54) is 40.8 Å². The topological polar surface area (TPSA) is 64.2 Å². The Morgan fingerprint density at radius 3 is 2.47 bits per heavy atom. The van der Waals surface area contributed by atoms with Gasteiger partial charge in [-0.15, -0.1) is 0 Å². The number of fused-ring (bicyclic) bond motifs is 1. The highest BCUT2D eigenvalue weighted by Gasteiger charge is 2.30. The van der Waals surface area contributed by atoms with Crippen molar-refractivity contribution in [2.24, 2.45) is 0 Å². The van der Waals surface area contributed by atoms with Crippen molar-refractivity contribution in [2.75, 3.05) is 18.0 Å². The van der Waals surface area contributed by atoms with E-state index in [9.17, 15) is 18.0 Å². The van der Waals surface area contributed by atoms with Gasteiger partial charge in [0.05, 0.1) is 23.1 Å². The molecule has 32 heavy (non-hydrogen) atoms. The summed E-state index contributed by atoms with van der Waals surface area (Å²) in [6.45, 7) is 1.81. The first-order valence-electron chi connectivity index (χ1n) is 10.3. The summed E-state index contributed by atoms with van der Waals surface area (Å²) < 4.78 is 46.0. The van der Waals surface area contributed by atoms with E-state index in [4.69, 9.17) is 4.42 Å². The van der Waals surface area contributed by atoms with E-state index >= 15 is 0 Å². The van der Waals surface area contributed by atoms with Crippen LogP contribution in [0.25, 0.3) is 21.7 Å². The molecule has 10 heteroatoms. The molecule has 1 aliphatic rings. The summed E-state index contributed by atoms with van der Waals surface area (Å²) >= 11 is 1.42. The second kappa shape index (κ2) is 8.09. The van der Waals surface area contributed by atoms with Crippen LogP contribution in [0.2, 0.25) is 0 Å². The van der Waals surface area contributed by atoms with Crippen LogP contribution in [-0.4, -0.2) is 27.9 Å². The van der Waals surface area contributed by atoms with Crippen LogP contribution in [0.1, 0.15) is 30.4 Å². The number of thiazole rings is 1. The number of anilines is 1. The van der Waals surface area contributed by atoms with Crippen LogP contribution in [0.4, 0.5) is 18.3 Å². The average Bonchev–Trinajstić information content (AvgIpc) is 3.47. The van der Waals surface area contributed by atoms with Crippen molar-refractivity contribution in [3.63, 3.8) is 0 Å². The van der Waals surface area contributed by atoms with Gasteiger partial charge in [0.2, 0.25) is 0 Å². The molecule has 5 rings (SSSR count). The molecule has 6 nitrogen and oxygen atoms in total. The Morgan fingerprint density at radius 1 is 1.06 bits per heavy atom. The molecule has 3 aromatic heterocycles. The molecule has 166 valence electrons. The molecule has 0 unspecified atom stereocenters. The molecule has 0 radical (unpaired) electrons. The molecule has 1 saturated heterocycles. The standard InChI is InChI=1S/C22H19F3N4O2S/c23-22(24,25)15-8-6-14(7-9-15)13-29-20(30)18-19(17(27-29)16-5-4-12-31-16)32-21(26-18)28-10-2-1-3-11-28/h4-9,12H,1-3,10-11,13H2. The predicted molar refractivity (Wildman–Crippen MR) is 116 cm³/mol. The fourth-order valence-corrected chi connectivity index (χ4v) is 4.92. The average molecular weight is 460 g/mol. The van der Waals surface area contributed by atoms with Gasteiger partial charge in [-0.3, -0.25) is 4.79 Å². The van der Waals surface area contributed by atoms with Gasteiger partial charge in [-0.1, -0.05) is 23.5 Å². The third-order valence-electron chi connectivity index (χ3n) is 5.48. The van der Waals surface area contributed by atoms with E-state index in [0.717, 1.165) is 43.2 Å². The van der Waals surface area contributed by atoms with E-state index in [-0.39, 0.29) is 12.1 Å². The largest absolute Gasteiger partial charge is 0.463 e. The normalized spacial score (nSPS) is 14.9. The zero-order valence-corrected chi connectivity index (χ0v) is 17.7. The minimum absolute atomic E-state index is 0.0250. The van der Waals surface area contributed by atoms with Crippen molar-refractivity contribution in [3.05, 3.63) is 64.1 Å². The van der Waals surface area contributed by atoms with Gasteiger partial charge in [-0.2, -0.15) is 18.3 Å². The Balaban J connectivity index is 1.58. The maximum Gasteiger partial charge on any atom is 0.416 e. The van der Waals surface area contributed by atoms with Crippen molar-refractivity contribution < 1.29 is 17.6 Å². The molecule has 1 fully saturated rings. The number of rotatable bonds is 4. The van der Waals surface area contributed by atoms with E-state index in [1.807, 2.05) is 0 Å². The van der Waals surface area contributed by atoms with E-state index in [2.05, 4.69) is 15.0 Å². The fourth-order valence-electron chi connectivity index (χ4n) is 3.82. The molecular formula is C22H19F3N4O2S. The molecule has 0 amide bonds. The summed E-state index contributed by atoms with van der Waals surface area (Å²) in [6.07, 6.45) is 0.459. The summed E-state index contributed by atoms with van der Waals surface area (Å²) in [4.78, 5) is 20.0. The number of furan rings is 1. The first kappa shape index (κ1) is 20.7. The van der Waals surface area contributed by atoms with Gasteiger partial charge in [0.15, 0.2) is 16.4 Å². The zero-order valence-electron chi connectivity index (χ0n) is 16.9. The Bertz CT molecular complexity index is 1290. The first-order valence-corrected chi connectivity index (χ1v) is 11.1. The predicted octanol–water partition coefficient (Wildman–Crippen LogP) is 5.17. The van der Waals surface area contributed by atoms with Crippen molar-refractivity contribution in [3.8, 4) is 11.5 Å². The van der Waals surface area contributed by atoms with Crippen molar-refractivity contribution >= 4 is 26.7 Å². The monoisotopic (exact) mass is 460 g/mol. The minimum Gasteiger partial charge on any atom is -0.463 e. The van der Waals surface area contributed by atoms with Crippen LogP contribution in [0, 0.1) is 0 Å². The lowest BCUT2D eigenvalue weighted by Crippen LogP contribution is -2.29. The number of hydrogen-bond acceptors (Lipinski definition) is 6. The number of benzene rings is 1. The second-order valence-electron chi connectivity index (χ2n) is 7.71. The number of aromatic nitrogens is 3. The summed E-state index contributed by atoms with van der Waals surface area (Å²) in [5.41, 5.74) is 0.207. The Morgan fingerprint density at radius 2 is 1.81 bits per heavy atom. The molecular weight excluding hydrogens is 441 g/mol. The lowest BCUT2D eigenvalue weighted by molar-refractivity contribution is -0.137. The molecule has 0 atom stereocenters. The van der Waals surface area contributed by atoms with Crippen LogP contribution >= 0.6 is 11.3 Å². The van der Waals surface area contributed by atoms with Crippen LogP contribution in [0.15, 0.2) is 51.9 Å². The maximum atomic E-state index is 13.2. The summed E-state index contributed by atoms with van der Waals surface area (Å²) in [7, 11) is 0. The molecule has 4 aromatic rings. The van der Waals surface area contributed by atoms with E-state index < -0.39 is 11.7 Å². The maximum absolute atomic E-state index is 13.2. The smallest absolute Gasteiger partial charge is 0.416 e. The van der Waals surface area contributed by atoms with E-state index in [0.29, 0.717) is 27.2 Å². The molecule has 4 heterocycles. The summed E-state index contributed by atoms with van der Waals surface area (Å²) in [6, 6.07) is 8.21. The Hall–Kier alpha value is -3.14. The molecule has 1 aliphatic heterocycles. The van der Waals surface area contributed by atoms with Crippen LogP contribution in [0.5, 0.6) is 0 Å². The van der Waals surface area contributed by atoms with Crippen molar-refractivity contribution in [1.82, 2.24) is 14.8 Å². The number of piperidine rings is 1.